The van der Waals surface area contributed by atoms with Gasteiger partial charge in [-0.2, -0.15) is 0 Å². The average molecular weight is 411 g/mol. The molecule has 0 bridgehead atoms. The van der Waals surface area contributed by atoms with Crippen molar-refractivity contribution in [3.63, 3.8) is 0 Å². The van der Waals surface area contributed by atoms with E-state index < -0.39 is 32.5 Å². The second-order valence-electron chi connectivity index (χ2n) is 4.13. The van der Waals surface area contributed by atoms with Crippen LogP contribution in [-0.2, 0) is 10.0 Å². The number of nitrogens with one attached hydrogen (secondary N) is 1. The van der Waals surface area contributed by atoms with Crippen molar-refractivity contribution >= 4 is 43.5 Å². The molecule has 0 aromatic heterocycles. The maximum absolute atomic E-state index is 13.5. The molecule has 9 heteroatoms. The van der Waals surface area contributed by atoms with Crippen molar-refractivity contribution in [1.82, 2.24) is 4.72 Å². The lowest BCUT2D eigenvalue weighted by Gasteiger charge is -2.09. The molecule has 0 aliphatic heterocycles. The first-order valence-corrected chi connectivity index (χ1v) is 8.33. The number of carbonyl (C=O) groups is 1. The number of hydrogen-bond acceptors (Lipinski definition) is 3. The number of amides is 1. The zero-order valence-electron chi connectivity index (χ0n) is 10.6. The van der Waals surface area contributed by atoms with Gasteiger partial charge in [0.1, 0.15) is 16.5 Å². The van der Waals surface area contributed by atoms with Crippen molar-refractivity contribution in [3.8, 4) is 0 Å². The fourth-order valence-corrected chi connectivity index (χ4v) is 3.22. The Morgan fingerprint density at radius 1 is 1.14 bits per heavy atom. The summed E-state index contributed by atoms with van der Waals surface area (Å²) in [5.41, 5.74) is -0.0430. The zero-order chi connectivity index (χ0) is 16.5. The quantitative estimate of drug-likeness (QED) is 0.842. The number of rotatable bonds is 3. The normalized spacial score (nSPS) is 11.3. The van der Waals surface area contributed by atoms with Gasteiger partial charge in [-0.15, -0.1) is 0 Å². The van der Waals surface area contributed by atoms with Crippen molar-refractivity contribution in [2.75, 3.05) is 0 Å². The molecule has 0 unspecified atom stereocenters. The minimum absolute atomic E-state index is 0.0430. The largest absolute Gasteiger partial charge is 0.268 e. The molecule has 1 amide bonds. The average Bonchev–Trinajstić information content (AvgIpc) is 2.40. The van der Waals surface area contributed by atoms with Crippen molar-refractivity contribution in [2.45, 2.75) is 4.90 Å². The summed E-state index contributed by atoms with van der Waals surface area (Å²) in [5, 5.41) is 0.221. The number of carbonyl (C=O) groups excluding carboxylic acids is 1. The van der Waals surface area contributed by atoms with Crippen LogP contribution in [0.1, 0.15) is 10.4 Å². The predicted molar refractivity (Wildman–Crippen MR) is 80.2 cm³/mol. The molecule has 0 aliphatic carbocycles. The first-order chi connectivity index (χ1) is 10.2. The van der Waals surface area contributed by atoms with E-state index in [2.05, 4.69) is 15.9 Å². The molecule has 0 aliphatic rings. The molecule has 2 aromatic carbocycles. The van der Waals surface area contributed by atoms with Crippen LogP contribution in [0.15, 0.2) is 45.8 Å². The maximum Gasteiger partial charge on any atom is 0.267 e. The van der Waals surface area contributed by atoms with E-state index >= 15 is 0 Å². The number of sulfonamides is 1. The minimum Gasteiger partial charge on any atom is -0.268 e. The number of benzene rings is 2. The molecule has 1 N–H and O–H groups in total. The second-order valence-corrected chi connectivity index (χ2v) is 7.08. The maximum atomic E-state index is 13.5. The fourth-order valence-electron chi connectivity index (χ4n) is 1.60. The molecule has 2 rings (SSSR count). The van der Waals surface area contributed by atoms with E-state index in [1.807, 2.05) is 0 Å². The Labute approximate surface area is 138 Å². The Morgan fingerprint density at radius 2 is 1.82 bits per heavy atom. The van der Waals surface area contributed by atoms with Crippen molar-refractivity contribution in [2.24, 2.45) is 0 Å². The Bertz CT molecular complexity index is 858. The highest BCUT2D eigenvalue weighted by Crippen LogP contribution is 2.22. The first-order valence-electron chi connectivity index (χ1n) is 5.68. The third-order valence-electron chi connectivity index (χ3n) is 2.58. The Morgan fingerprint density at radius 3 is 2.45 bits per heavy atom. The lowest BCUT2D eigenvalue weighted by molar-refractivity contribution is 0.0980. The molecule has 0 spiro atoms. The lowest BCUT2D eigenvalue weighted by atomic mass is 10.2. The highest BCUT2D eigenvalue weighted by atomic mass is 79.9. The number of hydrogen-bond donors (Lipinski definition) is 1. The van der Waals surface area contributed by atoms with Crippen molar-refractivity contribution in [3.05, 3.63) is 63.1 Å². The van der Waals surface area contributed by atoms with E-state index in [4.69, 9.17) is 11.6 Å². The van der Waals surface area contributed by atoms with Gasteiger partial charge in [0.15, 0.2) is 0 Å². The van der Waals surface area contributed by atoms with Crippen LogP contribution in [0.3, 0.4) is 0 Å². The van der Waals surface area contributed by atoms with E-state index in [-0.39, 0.29) is 10.6 Å². The topological polar surface area (TPSA) is 63.2 Å². The minimum atomic E-state index is -4.49. The van der Waals surface area contributed by atoms with E-state index in [0.29, 0.717) is 10.5 Å². The van der Waals surface area contributed by atoms with Crippen LogP contribution >= 0.6 is 27.5 Å². The van der Waals surface area contributed by atoms with Crippen LogP contribution in [0, 0.1) is 11.6 Å². The summed E-state index contributed by atoms with van der Waals surface area (Å²) in [6.07, 6.45) is 0. The predicted octanol–water partition coefficient (Wildman–Crippen LogP) is 3.50. The Hall–Kier alpha value is -1.51. The first kappa shape index (κ1) is 16.9. The molecule has 0 atom stereocenters. The van der Waals surface area contributed by atoms with Crippen molar-refractivity contribution < 1.29 is 22.0 Å². The molecule has 4 nitrogen and oxygen atoms in total. The molecular formula is C13H7BrClF2NO3S. The Kier molecular flexibility index (Phi) is 4.84. The van der Waals surface area contributed by atoms with Gasteiger partial charge in [0.25, 0.3) is 15.9 Å². The van der Waals surface area contributed by atoms with Gasteiger partial charge in [-0.25, -0.2) is 21.9 Å². The molecule has 0 saturated heterocycles. The third kappa shape index (κ3) is 3.63. The van der Waals surface area contributed by atoms with Gasteiger partial charge in [-0.1, -0.05) is 11.6 Å². The van der Waals surface area contributed by atoms with Gasteiger partial charge >= 0.3 is 0 Å². The monoisotopic (exact) mass is 409 g/mol. The van der Waals surface area contributed by atoms with Crippen LogP contribution in [0.5, 0.6) is 0 Å². The van der Waals surface area contributed by atoms with E-state index in [9.17, 15) is 22.0 Å². The molecule has 0 radical (unpaired) electrons. The molecule has 2 aromatic rings. The molecule has 0 heterocycles. The highest BCUT2D eigenvalue weighted by Gasteiger charge is 2.23. The van der Waals surface area contributed by atoms with Gasteiger partial charge in [0.05, 0.1) is 5.56 Å². The smallest absolute Gasteiger partial charge is 0.267 e. The van der Waals surface area contributed by atoms with Crippen LogP contribution in [-0.4, -0.2) is 14.3 Å². The van der Waals surface area contributed by atoms with E-state index in [1.54, 1.807) is 4.72 Å². The van der Waals surface area contributed by atoms with Gasteiger partial charge in [0.2, 0.25) is 0 Å². The lowest BCUT2D eigenvalue weighted by Crippen LogP contribution is -2.31. The molecule has 0 saturated carbocycles. The zero-order valence-corrected chi connectivity index (χ0v) is 13.8. The van der Waals surface area contributed by atoms with Crippen molar-refractivity contribution in [1.29, 1.82) is 0 Å². The summed E-state index contributed by atoms with van der Waals surface area (Å²) in [6.45, 7) is 0. The van der Waals surface area contributed by atoms with Gasteiger partial charge in [0, 0.05) is 15.6 Å². The van der Waals surface area contributed by atoms with Crippen LogP contribution in [0.25, 0.3) is 0 Å². The summed E-state index contributed by atoms with van der Waals surface area (Å²) in [6, 6.07) is 6.12. The second kappa shape index (κ2) is 6.31. The molecule has 116 valence electrons. The summed E-state index contributed by atoms with van der Waals surface area (Å²) in [7, 11) is -4.49. The van der Waals surface area contributed by atoms with Crippen LogP contribution in [0.4, 0.5) is 8.78 Å². The summed E-state index contributed by atoms with van der Waals surface area (Å²) < 4.78 is 52.4. The highest BCUT2D eigenvalue weighted by molar-refractivity contribution is 9.10. The van der Waals surface area contributed by atoms with Gasteiger partial charge < -0.3 is 0 Å². The summed E-state index contributed by atoms with van der Waals surface area (Å²) in [4.78, 5) is 11.2. The summed E-state index contributed by atoms with van der Waals surface area (Å²) in [5.74, 6) is -3.23. The number of halogens is 4. The van der Waals surface area contributed by atoms with E-state index in [0.717, 1.165) is 12.1 Å². The SMILES string of the molecule is O=C(NS(=O)(=O)c1ccc(F)cc1F)c1cc(Cl)ccc1Br. The van der Waals surface area contributed by atoms with Crippen LogP contribution in [0.2, 0.25) is 5.02 Å². The summed E-state index contributed by atoms with van der Waals surface area (Å²) >= 11 is 8.82. The molecular weight excluding hydrogens is 404 g/mol. The van der Waals surface area contributed by atoms with Gasteiger partial charge in [-0.3, -0.25) is 4.79 Å². The van der Waals surface area contributed by atoms with E-state index in [1.165, 1.54) is 18.2 Å². The Balaban J connectivity index is 2.36. The van der Waals surface area contributed by atoms with Crippen LogP contribution < -0.4 is 4.72 Å². The molecule has 22 heavy (non-hydrogen) atoms. The third-order valence-corrected chi connectivity index (χ3v) is 4.87. The fraction of sp³-hybridized carbons (Fsp3) is 0. The standard InChI is InChI=1S/C13H7BrClF2NO3S/c14-10-3-1-7(15)5-9(10)13(19)18-22(20,21)12-4-2-8(16)6-11(12)17/h1-6H,(H,18,19). The van der Waals surface area contributed by atoms with Gasteiger partial charge in [-0.05, 0) is 46.3 Å². The molecule has 0 fully saturated rings.